The Bertz CT molecular complexity index is 1210. The highest BCUT2D eigenvalue weighted by molar-refractivity contribution is 7.12. The minimum Gasteiger partial charge on any atom is -0.454 e. The highest BCUT2D eigenvalue weighted by Crippen LogP contribution is 2.35. The van der Waals surface area contributed by atoms with Crippen molar-refractivity contribution in [3.8, 4) is 34.5 Å². The highest BCUT2D eigenvalue weighted by atomic mass is 32.1. The summed E-state index contributed by atoms with van der Waals surface area (Å²) in [5.74, 6) is 1.65. The van der Waals surface area contributed by atoms with Gasteiger partial charge in [-0.25, -0.2) is 4.98 Å². The second-order valence-corrected chi connectivity index (χ2v) is 7.34. The quantitative estimate of drug-likeness (QED) is 0.521. The zero-order chi connectivity index (χ0) is 20.5. The molecule has 1 unspecified atom stereocenters. The van der Waals surface area contributed by atoms with Crippen LogP contribution in [0.4, 0.5) is 0 Å². The van der Waals surface area contributed by atoms with Gasteiger partial charge in [-0.3, -0.25) is 9.78 Å². The molecule has 30 heavy (non-hydrogen) atoms. The molecular formula is C20H15N5O4S. The summed E-state index contributed by atoms with van der Waals surface area (Å²) in [7, 11) is 0. The summed E-state index contributed by atoms with van der Waals surface area (Å²) in [6.07, 6.45) is 1.69. The Balaban J connectivity index is 1.32. The number of amides is 1. The summed E-state index contributed by atoms with van der Waals surface area (Å²) in [6.45, 7) is 2.06. The maximum atomic E-state index is 12.5. The third-order valence-electron chi connectivity index (χ3n) is 4.45. The van der Waals surface area contributed by atoms with Crippen LogP contribution >= 0.6 is 11.3 Å². The van der Waals surface area contributed by atoms with Gasteiger partial charge in [0.2, 0.25) is 12.6 Å². The lowest BCUT2D eigenvalue weighted by Crippen LogP contribution is -2.27. The lowest BCUT2D eigenvalue weighted by atomic mass is 10.2. The van der Waals surface area contributed by atoms with Crippen molar-refractivity contribution < 1.29 is 18.8 Å². The summed E-state index contributed by atoms with van der Waals surface area (Å²) in [5, 5.41) is 8.90. The van der Waals surface area contributed by atoms with Gasteiger partial charge in [0.15, 0.2) is 16.5 Å². The van der Waals surface area contributed by atoms with E-state index in [2.05, 4.69) is 25.4 Å². The molecule has 0 spiro atoms. The van der Waals surface area contributed by atoms with E-state index in [4.69, 9.17) is 14.0 Å². The van der Waals surface area contributed by atoms with Crippen LogP contribution in [0.25, 0.3) is 23.0 Å². The Morgan fingerprint density at radius 1 is 1.17 bits per heavy atom. The van der Waals surface area contributed by atoms with Gasteiger partial charge in [-0.1, -0.05) is 11.2 Å². The van der Waals surface area contributed by atoms with E-state index < -0.39 is 0 Å². The number of nitrogens with one attached hydrogen (secondary N) is 1. The van der Waals surface area contributed by atoms with Crippen LogP contribution in [0, 0.1) is 0 Å². The van der Waals surface area contributed by atoms with Crippen molar-refractivity contribution in [2.24, 2.45) is 0 Å². The molecule has 0 radical (unpaired) electrons. The lowest BCUT2D eigenvalue weighted by molar-refractivity contribution is 0.0939. The molecule has 0 saturated heterocycles. The summed E-state index contributed by atoms with van der Waals surface area (Å²) in [5.41, 5.74) is 1.94. The Kier molecular flexibility index (Phi) is 4.60. The van der Waals surface area contributed by atoms with Gasteiger partial charge in [0.05, 0.1) is 11.7 Å². The molecule has 0 aliphatic carbocycles. The van der Waals surface area contributed by atoms with Crippen LogP contribution in [0.1, 0.15) is 28.5 Å². The molecule has 3 aromatic heterocycles. The van der Waals surface area contributed by atoms with Gasteiger partial charge in [-0.15, -0.1) is 11.3 Å². The molecule has 1 aromatic carbocycles. The number of hydrogen-bond acceptors (Lipinski definition) is 9. The Morgan fingerprint density at radius 2 is 2.07 bits per heavy atom. The predicted octanol–water partition coefficient (Wildman–Crippen LogP) is 3.47. The van der Waals surface area contributed by atoms with E-state index in [0.29, 0.717) is 28.0 Å². The fourth-order valence-electron chi connectivity index (χ4n) is 2.92. The van der Waals surface area contributed by atoms with E-state index in [0.717, 1.165) is 11.3 Å². The van der Waals surface area contributed by atoms with Gasteiger partial charge in [-0.05, 0) is 37.3 Å². The second-order valence-electron chi connectivity index (χ2n) is 6.48. The molecule has 1 N–H and O–H groups in total. The highest BCUT2D eigenvalue weighted by Gasteiger charge is 2.20. The SMILES string of the molecule is CC(NC(=O)c1nc(-c2nc(-c3ccc4c(c3)OCO4)no2)cs1)c1ccccn1. The fourth-order valence-corrected chi connectivity index (χ4v) is 3.61. The Hall–Kier alpha value is -3.79. The molecule has 9 nitrogen and oxygen atoms in total. The van der Waals surface area contributed by atoms with E-state index in [9.17, 15) is 4.79 Å². The summed E-state index contributed by atoms with van der Waals surface area (Å²) < 4.78 is 16.0. The zero-order valence-corrected chi connectivity index (χ0v) is 16.5. The number of thiazole rings is 1. The number of benzene rings is 1. The number of aromatic nitrogens is 4. The molecule has 0 bridgehead atoms. The predicted molar refractivity (Wildman–Crippen MR) is 107 cm³/mol. The monoisotopic (exact) mass is 421 g/mol. The van der Waals surface area contributed by atoms with Gasteiger partial charge >= 0.3 is 0 Å². The first-order valence-electron chi connectivity index (χ1n) is 9.09. The van der Waals surface area contributed by atoms with Crippen LogP contribution < -0.4 is 14.8 Å². The van der Waals surface area contributed by atoms with Crippen LogP contribution in [0.15, 0.2) is 52.5 Å². The van der Waals surface area contributed by atoms with Gasteiger partial charge in [0, 0.05) is 17.1 Å². The lowest BCUT2D eigenvalue weighted by Gasteiger charge is -2.11. The third-order valence-corrected chi connectivity index (χ3v) is 5.29. The maximum Gasteiger partial charge on any atom is 0.280 e. The van der Waals surface area contributed by atoms with Crippen molar-refractivity contribution in [2.75, 3.05) is 6.79 Å². The van der Waals surface area contributed by atoms with Crippen molar-refractivity contribution in [1.82, 2.24) is 25.4 Å². The van der Waals surface area contributed by atoms with Crippen LogP contribution in [0.3, 0.4) is 0 Å². The number of ether oxygens (including phenoxy) is 2. The van der Waals surface area contributed by atoms with E-state index in [1.165, 1.54) is 11.3 Å². The topological polar surface area (TPSA) is 112 Å². The first kappa shape index (κ1) is 18.3. The number of carbonyl (C=O) groups is 1. The maximum absolute atomic E-state index is 12.5. The van der Waals surface area contributed by atoms with Gasteiger partial charge in [0.1, 0.15) is 5.69 Å². The van der Waals surface area contributed by atoms with E-state index in [-0.39, 0.29) is 24.6 Å². The molecule has 0 fully saturated rings. The first-order valence-corrected chi connectivity index (χ1v) is 9.97. The fraction of sp³-hybridized carbons (Fsp3) is 0.150. The minimum absolute atomic E-state index is 0.193. The van der Waals surface area contributed by atoms with Crippen LogP contribution in [0.5, 0.6) is 11.5 Å². The summed E-state index contributed by atoms with van der Waals surface area (Å²) in [6, 6.07) is 10.7. The summed E-state index contributed by atoms with van der Waals surface area (Å²) in [4.78, 5) is 25.5. The molecule has 4 aromatic rings. The smallest absolute Gasteiger partial charge is 0.280 e. The average Bonchev–Trinajstić information content (AvgIpc) is 3.53. The van der Waals surface area contributed by atoms with Gasteiger partial charge in [-0.2, -0.15) is 4.98 Å². The molecule has 10 heteroatoms. The van der Waals surface area contributed by atoms with Crippen molar-refractivity contribution in [1.29, 1.82) is 0 Å². The number of rotatable bonds is 5. The molecule has 4 heterocycles. The zero-order valence-electron chi connectivity index (χ0n) is 15.7. The number of pyridine rings is 1. The molecule has 1 aliphatic heterocycles. The molecule has 1 atom stereocenters. The average molecular weight is 421 g/mol. The Labute approximate surface area is 174 Å². The number of carbonyl (C=O) groups excluding carboxylic acids is 1. The molecular weight excluding hydrogens is 406 g/mol. The Morgan fingerprint density at radius 3 is 2.93 bits per heavy atom. The molecule has 1 aliphatic rings. The van der Waals surface area contributed by atoms with Crippen molar-refractivity contribution in [2.45, 2.75) is 13.0 Å². The molecule has 150 valence electrons. The molecule has 1 amide bonds. The first-order chi connectivity index (χ1) is 14.7. The largest absolute Gasteiger partial charge is 0.454 e. The normalized spacial score (nSPS) is 13.2. The van der Waals surface area contributed by atoms with Crippen molar-refractivity contribution >= 4 is 17.2 Å². The number of fused-ring (bicyclic) bond motifs is 1. The number of hydrogen-bond donors (Lipinski definition) is 1. The van der Waals surface area contributed by atoms with Crippen molar-refractivity contribution in [3.05, 3.63) is 58.7 Å². The molecule has 0 saturated carbocycles. The van der Waals surface area contributed by atoms with E-state index in [1.807, 2.05) is 31.2 Å². The van der Waals surface area contributed by atoms with E-state index in [1.54, 1.807) is 23.7 Å². The van der Waals surface area contributed by atoms with Gasteiger partial charge < -0.3 is 19.3 Å². The summed E-state index contributed by atoms with van der Waals surface area (Å²) >= 11 is 1.20. The van der Waals surface area contributed by atoms with Crippen LogP contribution in [0.2, 0.25) is 0 Å². The van der Waals surface area contributed by atoms with E-state index >= 15 is 0 Å². The minimum atomic E-state index is -0.292. The number of nitrogens with zero attached hydrogens (tertiary/aromatic N) is 4. The van der Waals surface area contributed by atoms with Gasteiger partial charge in [0.25, 0.3) is 11.8 Å². The third kappa shape index (κ3) is 3.48. The second kappa shape index (κ2) is 7.56. The van der Waals surface area contributed by atoms with Crippen LogP contribution in [-0.2, 0) is 0 Å². The van der Waals surface area contributed by atoms with Crippen molar-refractivity contribution in [3.63, 3.8) is 0 Å². The standard InChI is InChI=1S/C20H15N5O4S/c1-11(13-4-2-3-7-21-13)22-18(26)20-23-14(9-30-20)19-24-17(25-29-19)12-5-6-15-16(8-12)28-10-27-15/h2-9,11H,10H2,1H3,(H,22,26). The molecule has 5 rings (SSSR count). The van der Waals surface area contributed by atoms with Crippen LogP contribution in [-0.4, -0.2) is 32.8 Å².